The summed E-state index contributed by atoms with van der Waals surface area (Å²) in [5.41, 5.74) is 9.20. The topological polar surface area (TPSA) is 137 Å². The lowest BCUT2D eigenvalue weighted by Crippen LogP contribution is -2.30. The normalized spacial score (nSPS) is 10.4. The van der Waals surface area contributed by atoms with Crippen LogP contribution in [-0.4, -0.2) is 25.9 Å². The Morgan fingerprint density at radius 3 is 2.58 bits per heavy atom. The highest BCUT2D eigenvalue weighted by Crippen LogP contribution is 2.16. The van der Waals surface area contributed by atoms with Crippen LogP contribution in [0, 0.1) is 0 Å². The van der Waals surface area contributed by atoms with Gasteiger partial charge in [-0.2, -0.15) is 9.78 Å². The molecule has 24 heavy (non-hydrogen) atoms. The molecule has 0 unspecified atom stereocenters. The van der Waals surface area contributed by atoms with Crippen molar-refractivity contribution in [2.45, 2.75) is 6.54 Å². The van der Waals surface area contributed by atoms with Crippen molar-refractivity contribution in [3.05, 3.63) is 59.8 Å². The van der Waals surface area contributed by atoms with Crippen molar-refractivity contribution < 1.29 is 4.79 Å². The van der Waals surface area contributed by atoms with E-state index in [9.17, 15) is 4.79 Å². The van der Waals surface area contributed by atoms with E-state index in [1.807, 2.05) is 35.8 Å². The third-order valence-corrected chi connectivity index (χ3v) is 3.37. The van der Waals surface area contributed by atoms with Crippen LogP contribution in [-0.2, 0) is 6.54 Å². The van der Waals surface area contributed by atoms with E-state index in [2.05, 4.69) is 20.6 Å². The lowest BCUT2D eigenvalue weighted by atomic mass is 10.2. The molecule has 1 aromatic carbocycles. The van der Waals surface area contributed by atoms with Crippen molar-refractivity contribution in [3.63, 3.8) is 0 Å². The van der Waals surface area contributed by atoms with Gasteiger partial charge in [-0.05, 0) is 17.7 Å². The minimum Gasteiger partial charge on any atom is -0.383 e. The van der Waals surface area contributed by atoms with Crippen LogP contribution in [0.2, 0.25) is 0 Å². The monoisotopic (exact) mass is 324 g/mol. The number of nitrogens with two attached hydrogens (primary N) is 2. The highest BCUT2D eigenvalue weighted by atomic mass is 16.2. The van der Waals surface area contributed by atoms with Crippen molar-refractivity contribution in [2.24, 2.45) is 5.84 Å². The summed E-state index contributed by atoms with van der Waals surface area (Å²) in [6.45, 7) is 0.638. The zero-order valence-electron chi connectivity index (χ0n) is 12.7. The Morgan fingerprint density at radius 1 is 1.12 bits per heavy atom. The van der Waals surface area contributed by atoms with Gasteiger partial charge in [0.1, 0.15) is 17.2 Å². The van der Waals surface area contributed by atoms with Crippen LogP contribution < -0.4 is 22.3 Å². The number of benzene rings is 1. The second-order valence-electron chi connectivity index (χ2n) is 4.94. The first-order valence-electron chi connectivity index (χ1n) is 7.15. The predicted octanol–water partition coefficient (Wildman–Crippen LogP) is 0.460. The number of hydrogen-bond donors (Lipinski definition) is 4. The third kappa shape index (κ3) is 3.15. The fourth-order valence-electron chi connectivity index (χ4n) is 2.11. The van der Waals surface area contributed by atoms with Crippen LogP contribution in [0.4, 0.5) is 11.6 Å². The summed E-state index contributed by atoms with van der Waals surface area (Å²) in [5, 5.41) is 15.4. The first kappa shape index (κ1) is 15.4. The van der Waals surface area contributed by atoms with Crippen LogP contribution in [0.25, 0.3) is 5.82 Å². The number of amides is 1. The molecular formula is C15H16N8O. The largest absolute Gasteiger partial charge is 0.383 e. The number of carbonyl (C=O) groups excluding carboxylic acids is 1. The van der Waals surface area contributed by atoms with Gasteiger partial charge in [0, 0.05) is 6.54 Å². The average molecular weight is 324 g/mol. The molecule has 6 N–H and O–H groups in total. The standard InChI is InChI=1S/C15H16N8O/c16-14-11(15(24)20-17)9-19-23(14)13-7-6-12(21-22-13)18-8-10-4-2-1-3-5-10/h1-7,9H,8,16-17H2,(H,18,21)(H,20,24). The Kier molecular flexibility index (Phi) is 4.34. The molecule has 2 aromatic heterocycles. The number of nitrogens with one attached hydrogen (secondary N) is 2. The summed E-state index contributed by atoms with van der Waals surface area (Å²) >= 11 is 0. The van der Waals surface area contributed by atoms with Crippen LogP contribution in [0.5, 0.6) is 0 Å². The summed E-state index contributed by atoms with van der Waals surface area (Å²) in [6.07, 6.45) is 1.32. The molecule has 0 fully saturated rings. The first-order valence-corrected chi connectivity index (χ1v) is 7.15. The van der Waals surface area contributed by atoms with Gasteiger partial charge in [0.2, 0.25) is 0 Å². The average Bonchev–Trinajstić information content (AvgIpc) is 3.02. The number of hydrogen-bond acceptors (Lipinski definition) is 7. The van der Waals surface area contributed by atoms with Gasteiger partial charge in [-0.15, -0.1) is 10.2 Å². The molecule has 0 bridgehead atoms. The molecule has 2 heterocycles. The van der Waals surface area contributed by atoms with Gasteiger partial charge in [0.15, 0.2) is 5.82 Å². The van der Waals surface area contributed by atoms with E-state index in [1.54, 1.807) is 12.1 Å². The highest BCUT2D eigenvalue weighted by Gasteiger charge is 2.15. The molecule has 0 aliphatic rings. The van der Waals surface area contributed by atoms with Gasteiger partial charge in [-0.25, -0.2) is 5.84 Å². The number of anilines is 2. The molecule has 0 aliphatic heterocycles. The fraction of sp³-hybridized carbons (Fsp3) is 0.0667. The minimum atomic E-state index is -0.521. The molecule has 1 amide bonds. The molecule has 0 saturated carbocycles. The van der Waals surface area contributed by atoms with E-state index in [4.69, 9.17) is 11.6 Å². The summed E-state index contributed by atoms with van der Waals surface area (Å²) < 4.78 is 1.32. The van der Waals surface area contributed by atoms with Crippen LogP contribution in [0.15, 0.2) is 48.7 Å². The van der Waals surface area contributed by atoms with Crippen molar-refractivity contribution in [3.8, 4) is 5.82 Å². The van der Waals surface area contributed by atoms with Gasteiger partial charge in [-0.1, -0.05) is 30.3 Å². The van der Waals surface area contributed by atoms with Gasteiger partial charge in [-0.3, -0.25) is 10.2 Å². The van der Waals surface area contributed by atoms with Crippen LogP contribution >= 0.6 is 0 Å². The van der Waals surface area contributed by atoms with Crippen LogP contribution in [0.3, 0.4) is 0 Å². The van der Waals surface area contributed by atoms with E-state index in [-0.39, 0.29) is 11.4 Å². The number of nitrogen functional groups attached to an aromatic ring is 2. The summed E-state index contributed by atoms with van der Waals surface area (Å²) in [4.78, 5) is 11.5. The molecule has 0 atom stereocenters. The van der Waals surface area contributed by atoms with Crippen molar-refractivity contribution in [2.75, 3.05) is 11.1 Å². The Morgan fingerprint density at radius 2 is 1.92 bits per heavy atom. The van der Waals surface area contributed by atoms with Gasteiger partial charge >= 0.3 is 0 Å². The van der Waals surface area contributed by atoms with Crippen molar-refractivity contribution in [1.29, 1.82) is 0 Å². The summed E-state index contributed by atoms with van der Waals surface area (Å²) in [5.74, 6) is 5.73. The maximum Gasteiger partial charge on any atom is 0.270 e. The molecule has 3 aromatic rings. The van der Waals surface area contributed by atoms with Crippen molar-refractivity contribution in [1.82, 2.24) is 25.4 Å². The number of nitrogens with zero attached hydrogens (tertiary/aromatic N) is 4. The number of aromatic nitrogens is 4. The first-order chi connectivity index (χ1) is 11.7. The van der Waals surface area contributed by atoms with E-state index in [0.29, 0.717) is 18.2 Å². The Labute approximate surface area is 137 Å². The number of carbonyl (C=O) groups is 1. The quantitative estimate of drug-likeness (QED) is 0.304. The number of hydrazine groups is 1. The SMILES string of the molecule is NNC(=O)c1cnn(-c2ccc(NCc3ccccc3)nn2)c1N. The number of rotatable bonds is 5. The minimum absolute atomic E-state index is 0.136. The van der Waals surface area contributed by atoms with Crippen molar-refractivity contribution >= 4 is 17.5 Å². The van der Waals surface area contributed by atoms with Gasteiger partial charge in [0.25, 0.3) is 5.91 Å². The molecule has 0 radical (unpaired) electrons. The molecule has 0 aliphatic carbocycles. The molecule has 3 rings (SSSR count). The maximum atomic E-state index is 11.5. The zero-order chi connectivity index (χ0) is 16.9. The Bertz CT molecular complexity index is 828. The van der Waals surface area contributed by atoms with E-state index in [0.717, 1.165) is 5.56 Å². The molecule has 122 valence electrons. The second kappa shape index (κ2) is 6.75. The molecule has 0 saturated heterocycles. The smallest absolute Gasteiger partial charge is 0.270 e. The summed E-state index contributed by atoms with van der Waals surface area (Å²) in [7, 11) is 0. The Balaban J connectivity index is 1.73. The predicted molar refractivity (Wildman–Crippen MR) is 89.0 cm³/mol. The Hall–Kier alpha value is -3.46. The van der Waals surface area contributed by atoms with E-state index in [1.165, 1.54) is 10.9 Å². The molecule has 9 nitrogen and oxygen atoms in total. The van der Waals surface area contributed by atoms with Gasteiger partial charge < -0.3 is 11.1 Å². The maximum absolute atomic E-state index is 11.5. The second-order valence-corrected chi connectivity index (χ2v) is 4.94. The lowest BCUT2D eigenvalue weighted by Gasteiger charge is -2.07. The molecular weight excluding hydrogens is 308 g/mol. The lowest BCUT2D eigenvalue weighted by molar-refractivity contribution is 0.0954. The van der Waals surface area contributed by atoms with Crippen LogP contribution in [0.1, 0.15) is 15.9 Å². The molecule has 9 heteroatoms. The molecule has 0 spiro atoms. The third-order valence-electron chi connectivity index (χ3n) is 3.37. The fourth-order valence-corrected chi connectivity index (χ4v) is 2.11. The summed E-state index contributed by atoms with van der Waals surface area (Å²) in [6, 6.07) is 13.4. The van der Waals surface area contributed by atoms with E-state index >= 15 is 0 Å². The van der Waals surface area contributed by atoms with Gasteiger partial charge in [0.05, 0.1) is 6.20 Å². The van der Waals surface area contributed by atoms with E-state index < -0.39 is 5.91 Å². The zero-order valence-corrected chi connectivity index (χ0v) is 12.7. The highest BCUT2D eigenvalue weighted by molar-refractivity contribution is 5.98.